The molecule has 152 valence electrons. The fourth-order valence-corrected chi connectivity index (χ4v) is 4.00. The van der Waals surface area contributed by atoms with E-state index in [9.17, 15) is 14.4 Å². The van der Waals surface area contributed by atoms with Gasteiger partial charge in [-0.25, -0.2) is 0 Å². The fraction of sp³-hybridized carbons (Fsp3) is 0.500. The highest BCUT2D eigenvalue weighted by atomic mass is 32.2. The highest BCUT2D eigenvalue weighted by Gasteiger charge is 2.25. The second-order valence-corrected chi connectivity index (χ2v) is 8.64. The van der Waals surface area contributed by atoms with Crippen LogP contribution >= 0.6 is 24.0 Å². The summed E-state index contributed by atoms with van der Waals surface area (Å²) in [6.07, 6.45) is 2.77. The Morgan fingerprint density at radius 2 is 2.00 bits per heavy atom. The zero-order valence-electron chi connectivity index (χ0n) is 16.6. The van der Waals surface area contributed by atoms with Gasteiger partial charge >= 0.3 is 0 Å². The van der Waals surface area contributed by atoms with Crippen LogP contribution in [0.25, 0.3) is 0 Å². The number of carbonyl (C=O) groups excluding carboxylic acids is 3. The molecule has 0 spiro atoms. The molecule has 8 heteroatoms. The molecule has 0 atom stereocenters. The smallest absolute Gasteiger partial charge is 0.243 e. The second kappa shape index (κ2) is 10.6. The maximum Gasteiger partial charge on any atom is 0.243 e. The summed E-state index contributed by atoms with van der Waals surface area (Å²) in [5, 5.41) is 2.87. The summed E-state index contributed by atoms with van der Waals surface area (Å²) in [4.78, 5) is 39.2. The van der Waals surface area contributed by atoms with Gasteiger partial charge in [-0.3, -0.25) is 19.3 Å². The van der Waals surface area contributed by atoms with Crippen LogP contribution in [-0.4, -0.2) is 57.7 Å². The number of benzene rings is 1. The van der Waals surface area contributed by atoms with Gasteiger partial charge in [0.25, 0.3) is 0 Å². The molecule has 1 N–H and O–H groups in total. The summed E-state index contributed by atoms with van der Waals surface area (Å²) < 4.78 is 0.649. The van der Waals surface area contributed by atoms with Crippen molar-refractivity contribution in [2.45, 2.75) is 39.5 Å². The Balaban J connectivity index is 1.66. The van der Waals surface area contributed by atoms with Crippen molar-refractivity contribution in [3.05, 3.63) is 29.3 Å². The van der Waals surface area contributed by atoms with Crippen molar-refractivity contribution in [1.29, 1.82) is 0 Å². The minimum absolute atomic E-state index is 0.0278. The van der Waals surface area contributed by atoms with Crippen molar-refractivity contribution >= 4 is 51.7 Å². The normalized spacial score (nSPS) is 13.8. The van der Waals surface area contributed by atoms with E-state index in [4.69, 9.17) is 12.2 Å². The zero-order chi connectivity index (χ0) is 20.7. The molecule has 1 fully saturated rings. The SMILES string of the molecule is Cc1ccc(C)c(NC(=O)CN(C)C(=O)CCCCCN2C(=O)CSC2=S)c1. The highest BCUT2D eigenvalue weighted by Crippen LogP contribution is 2.20. The third-order valence-electron chi connectivity index (χ3n) is 4.59. The largest absolute Gasteiger partial charge is 0.336 e. The summed E-state index contributed by atoms with van der Waals surface area (Å²) in [6, 6.07) is 5.87. The highest BCUT2D eigenvalue weighted by molar-refractivity contribution is 8.23. The van der Waals surface area contributed by atoms with Crippen LogP contribution in [0.5, 0.6) is 0 Å². The van der Waals surface area contributed by atoms with E-state index in [1.165, 1.54) is 16.7 Å². The number of nitrogens with zero attached hydrogens (tertiary/aromatic N) is 2. The maximum absolute atomic E-state index is 12.2. The summed E-state index contributed by atoms with van der Waals surface area (Å²) in [7, 11) is 1.64. The third kappa shape index (κ3) is 6.60. The average Bonchev–Trinajstić information content (AvgIpc) is 2.96. The monoisotopic (exact) mass is 421 g/mol. The minimum Gasteiger partial charge on any atom is -0.336 e. The van der Waals surface area contributed by atoms with Crippen molar-refractivity contribution < 1.29 is 14.4 Å². The fourth-order valence-electron chi connectivity index (χ4n) is 2.87. The molecule has 1 heterocycles. The molecule has 0 unspecified atom stereocenters. The molecular formula is C20H27N3O3S2. The number of anilines is 1. The molecule has 0 aromatic heterocycles. The van der Waals surface area contributed by atoms with Crippen molar-refractivity contribution in [2.75, 3.05) is 31.2 Å². The first-order chi connectivity index (χ1) is 13.3. The predicted molar refractivity (Wildman–Crippen MR) is 117 cm³/mol. The third-order valence-corrected chi connectivity index (χ3v) is 6.02. The van der Waals surface area contributed by atoms with E-state index in [1.54, 1.807) is 11.9 Å². The number of thioether (sulfide) groups is 1. The van der Waals surface area contributed by atoms with E-state index in [1.807, 2.05) is 32.0 Å². The van der Waals surface area contributed by atoms with Gasteiger partial charge in [-0.05, 0) is 43.9 Å². The lowest BCUT2D eigenvalue weighted by Gasteiger charge is -2.18. The van der Waals surface area contributed by atoms with Gasteiger partial charge in [-0.15, -0.1) is 0 Å². The number of thiocarbonyl (C=S) groups is 1. The number of carbonyl (C=O) groups is 3. The number of hydrogen-bond donors (Lipinski definition) is 1. The first kappa shape index (κ1) is 22.4. The number of nitrogens with one attached hydrogen (secondary N) is 1. The van der Waals surface area contributed by atoms with Crippen LogP contribution in [0.2, 0.25) is 0 Å². The molecule has 0 aliphatic carbocycles. The minimum atomic E-state index is -0.205. The molecule has 0 saturated carbocycles. The molecule has 1 aliphatic rings. The van der Waals surface area contributed by atoms with Crippen LogP contribution in [0.1, 0.15) is 36.8 Å². The van der Waals surface area contributed by atoms with Gasteiger partial charge in [0.05, 0.1) is 12.3 Å². The average molecular weight is 422 g/mol. The number of hydrogen-bond acceptors (Lipinski definition) is 5. The number of unbranched alkanes of at least 4 members (excludes halogenated alkanes) is 2. The molecule has 0 radical (unpaired) electrons. The van der Waals surface area contributed by atoms with Gasteiger partial charge in [-0.1, -0.05) is 42.5 Å². The van der Waals surface area contributed by atoms with Crippen LogP contribution in [-0.2, 0) is 14.4 Å². The summed E-state index contributed by atoms with van der Waals surface area (Å²) in [5.74, 6) is 0.245. The maximum atomic E-state index is 12.2. The van der Waals surface area contributed by atoms with Crippen LogP contribution in [0.4, 0.5) is 5.69 Å². The lowest BCUT2D eigenvalue weighted by Crippen LogP contribution is -2.35. The number of amides is 3. The van der Waals surface area contributed by atoms with Crippen molar-refractivity contribution in [2.24, 2.45) is 0 Å². The topological polar surface area (TPSA) is 69.7 Å². The predicted octanol–water partition coefficient (Wildman–Crippen LogP) is 3.12. The lowest BCUT2D eigenvalue weighted by molar-refractivity contribution is -0.133. The Hall–Kier alpha value is -1.93. The van der Waals surface area contributed by atoms with Crippen LogP contribution in [0.3, 0.4) is 0 Å². The van der Waals surface area contributed by atoms with Gasteiger partial charge in [-0.2, -0.15) is 0 Å². The van der Waals surface area contributed by atoms with E-state index < -0.39 is 0 Å². The molecule has 1 aliphatic heterocycles. The van der Waals surface area contributed by atoms with Gasteiger partial charge in [0.2, 0.25) is 17.7 Å². The first-order valence-electron chi connectivity index (χ1n) is 9.36. The van der Waals surface area contributed by atoms with Crippen LogP contribution in [0.15, 0.2) is 18.2 Å². The van der Waals surface area contributed by atoms with Gasteiger partial charge in [0, 0.05) is 25.7 Å². The Morgan fingerprint density at radius 3 is 2.68 bits per heavy atom. The molecule has 1 aromatic carbocycles. The standard InChI is InChI=1S/C20H27N3O3S2/c1-14-8-9-15(2)16(11-14)21-17(24)12-22(3)18(25)7-5-4-6-10-23-19(26)13-28-20(23)27/h8-9,11H,4-7,10,12-13H2,1-3H3,(H,21,24). The van der Waals surface area contributed by atoms with Crippen molar-refractivity contribution in [3.63, 3.8) is 0 Å². The van der Waals surface area contributed by atoms with Crippen LogP contribution in [0, 0.1) is 13.8 Å². The van der Waals surface area contributed by atoms with E-state index in [2.05, 4.69) is 5.32 Å². The molecule has 1 aromatic rings. The first-order valence-corrected chi connectivity index (χ1v) is 10.8. The van der Waals surface area contributed by atoms with E-state index in [0.717, 1.165) is 36.1 Å². The van der Waals surface area contributed by atoms with Gasteiger partial charge < -0.3 is 10.2 Å². The number of likely N-dealkylation sites (N-methyl/N-ethyl adjacent to an activating group) is 1. The number of rotatable bonds is 9. The van der Waals surface area contributed by atoms with Gasteiger partial charge in [0.15, 0.2) is 0 Å². The molecule has 3 amide bonds. The second-order valence-electron chi connectivity index (χ2n) is 7.03. The summed E-state index contributed by atoms with van der Waals surface area (Å²) in [5.41, 5.74) is 2.83. The Morgan fingerprint density at radius 1 is 1.25 bits per heavy atom. The van der Waals surface area contributed by atoms with E-state index in [-0.39, 0.29) is 24.3 Å². The summed E-state index contributed by atoms with van der Waals surface area (Å²) >= 11 is 6.55. The Bertz CT molecular complexity index is 751. The summed E-state index contributed by atoms with van der Waals surface area (Å²) in [6.45, 7) is 4.55. The zero-order valence-corrected chi connectivity index (χ0v) is 18.3. The van der Waals surface area contributed by atoms with Crippen molar-refractivity contribution in [3.8, 4) is 0 Å². The molecular weight excluding hydrogens is 394 g/mol. The number of aryl methyl sites for hydroxylation is 2. The molecule has 1 saturated heterocycles. The molecule has 6 nitrogen and oxygen atoms in total. The Labute approximate surface area is 176 Å². The lowest BCUT2D eigenvalue weighted by atomic mass is 10.1. The van der Waals surface area contributed by atoms with Crippen LogP contribution < -0.4 is 5.32 Å². The van der Waals surface area contributed by atoms with E-state index >= 15 is 0 Å². The molecule has 28 heavy (non-hydrogen) atoms. The van der Waals surface area contributed by atoms with E-state index in [0.29, 0.717) is 23.0 Å². The molecule has 2 rings (SSSR count). The Kier molecular flexibility index (Phi) is 8.44. The van der Waals surface area contributed by atoms with Gasteiger partial charge in [0.1, 0.15) is 4.32 Å². The van der Waals surface area contributed by atoms with Crippen molar-refractivity contribution in [1.82, 2.24) is 9.80 Å². The quantitative estimate of drug-likeness (QED) is 0.490. The molecule has 0 bridgehead atoms.